The molecule has 1 aromatic carbocycles. The molecule has 5 nitrogen and oxygen atoms in total. The molecule has 1 atom stereocenters. The quantitative estimate of drug-likeness (QED) is 0.807. The number of nitrogens with two attached hydrogens (primary N) is 1. The van der Waals surface area contributed by atoms with Gasteiger partial charge in [0.15, 0.2) is 11.9 Å². The topological polar surface area (TPSA) is 81.4 Å². The molecule has 0 heterocycles. The van der Waals surface area contributed by atoms with Crippen LogP contribution in [-0.4, -0.2) is 29.9 Å². The van der Waals surface area contributed by atoms with Gasteiger partial charge >= 0.3 is 0 Å². The van der Waals surface area contributed by atoms with Gasteiger partial charge in [-0.1, -0.05) is 12.1 Å². The lowest BCUT2D eigenvalue weighted by Gasteiger charge is -2.27. The molecular formula is C17H25ClN2O3. The molecule has 23 heavy (non-hydrogen) atoms. The van der Waals surface area contributed by atoms with E-state index in [1.165, 1.54) is 6.92 Å². The van der Waals surface area contributed by atoms with E-state index in [1.54, 1.807) is 31.2 Å². The van der Waals surface area contributed by atoms with E-state index >= 15 is 0 Å². The minimum absolute atomic E-state index is 0. The van der Waals surface area contributed by atoms with Crippen molar-refractivity contribution < 1.29 is 14.3 Å². The van der Waals surface area contributed by atoms with E-state index in [2.05, 4.69) is 5.32 Å². The van der Waals surface area contributed by atoms with Gasteiger partial charge in [0.1, 0.15) is 5.75 Å². The van der Waals surface area contributed by atoms with Crippen LogP contribution >= 0.6 is 12.4 Å². The van der Waals surface area contributed by atoms with Gasteiger partial charge in [0.25, 0.3) is 5.91 Å². The Kier molecular flexibility index (Phi) is 7.52. The summed E-state index contributed by atoms with van der Waals surface area (Å²) in [5.74, 6) is 0.371. The van der Waals surface area contributed by atoms with Crippen molar-refractivity contribution in [2.24, 2.45) is 5.73 Å². The number of rotatable bonds is 5. The number of carbonyl (C=O) groups excluding carboxylic acids is 2. The molecule has 0 bridgehead atoms. The largest absolute Gasteiger partial charge is 0.481 e. The van der Waals surface area contributed by atoms with Crippen molar-refractivity contribution >= 4 is 24.1 Å². The van der Waals surface area contributed by atoms with Crippen LogP contribution in [-0.2, 0) is 4.79 Å². The highest BCUT2D eigenvalue weighted by molar-refractivity contribution is 5.94. The van der Waals surface area contributed by atoms with Crippen molar-refractivity contribution in [1.29, 1.82) is 0 Å². The Labute approximate surface area is 143 Å². The van der Waals surface area contributed by atoms with Gasteiger partial charge in [-0.05, 0) is 51.7 Å². The van der Waals surface area contributed by atoms with E-state index in [0.29, 0.717) is 11.3 Å². The third kappa shape index (κ3) is 5.84. The molecular weight excluding hydrogens is 316 g/mol. The molecule has 1 amide bonds. The molecule has 0 saturated heterocycles. The molecule has 2 rings (SSSR count). The molecule has 0 radical (unpaired) electrons. The molecule has 3 N–H and O–H groups in total. The van der Waals surface area contributed by atoms with Crippen LogP contribution in [0.5, 0.6) is 5.75 Å². The van der Waals surface area contributed by atoms with Gasteiger partial charge < -0.3 is 15.8 Å². The average molecular weight is 341 g/mol. The third-order valence-corrected chi connectivity index (χ3v) is 4.04. The second-order valence-corrected chi connectivity index (χ2v) is 5.96. The Morgan fingerprint density at radius 3 is 2.52 bits per heavy atom. The van der Waals surface area contributed by atoms with Crippen molar-refractivity contribution in [2.75, 3.05) is 0 Å². The van der Waals surface area contributed by atoms with Gasteiger partial charge in [0, 0.05) is 17.6 Å². The van der Waals surface area contributed by atoms with Crippen LogP contribution < -0.4 is 15.8 Å². The Morgan fingerprint density at radius 2 is 1.91 bits per heavy atom. The summed E-state index contributed by atoms with van der Waals surface area (Å²) >= 11 is 0. The summed E-state index contributed by atoms with van der Waals surface area (Å²) in [6.07, 6.45) is 3.12. The van der Waals surface area contributed by atoms with E-state index in [0.717, 1.165) is 25.7 Å². The average Bonchev–Trinajstić information content (AvgIpc) is 2.49. The van der Waals surface area contributed by atoms with E-state index < -0.39 is 6.10 Å². The predicted molar refractivity (Wildman–Crippen MR) is 92.2 cm³/mol. The molecule has 0 spiro atoms. The number of benzene rings is 1. The van der Waals surface area contributed by atoms with Crippen molar-refractivity contribution in [2.45, 2.75) is 57.7 Å². The van der Waals surface area contributed by atoms with Crippen LogP contribution in [0.3, 0.4) is 0 Å². The molecule has 0 aromatic heterocycles. The van der Waals surface area contributed by atoms with Gasteiger partial charge in [-0.2, -0.15) is 0 Å². The second kappa shape index (κ2) is 8.89. The predicted octanol–water partition coefficient (Wildman–Crippen LogP) is 2.46. The first-order chi connectivity index (χ1) is 10.5. The molecule has 1 saturated carbocycles. The normalized spacial score (nSPS) is 21.7. The molecule has 6 heteroatoms. The fourth-order valence-electron chi connectivity index (χ4n) is 2.63. The Hall–Kier alpha value is -1.59. The van der Waals surface area contributed by atoms with Crippen molar-refractivity contribution in [3.05, 3.63) is 29.8 Å². The second-order valence-electron chi connectivity index (χ2n) is 5.96. The summed E-state index contributed by atoms with van der Waals surface area (Å²) in [7, 11) is 0. The number of hydrogen-bond acceptors (Lipinski definition) is 4. The molecule has 1 fully saturated rings. The Morgan fingerprint density at radius 1 is 1.26 bits per heavy atom. The summed E-state index contributed by atoms with van der Waals surface area (Å²) < 4.78 is 5.64. The summed E-state index contributed by atoms with van der Waals surface area (Å²) in [5.41, 5.74) is 6.44. The van der Waals surface area contributed by atoms with Crippen molar-refractivity contribution in [3.8, 4) is 5.75 Å². The van der Waals surface area contributed by atoms with Crippen molar-refractivity contribution in [1.82, 2.24) is 5.32 Å². The lowest BCUT2D eigenvalue weighted by molar-refractivity contribution is -0.128. The monoisotopic (exact) mass is 340 g/mol. The van der Waals surface area contributed by atoms with Gasteiger partial charge in [-0.15, -0.1) is 12.4 Å². The number of halogens is 1. The van der Waals surface area contributed by atoms with Crippen LogP contribution in [0, 0.1) is 0 Å². The summed E-state index contributed by atoms with van der Waals surface area (Å²) in [6.45, 7) is 3.22. The zero-order chi connectivity index (χ0) is 16.1. The fraction of sp³-hybridized carbons (Fsp3) is 0.529. The van der Waals surface area contributed by atoms with E-state index in [-0.39, 0.29) is 36.2 Å². The standard InChI is InChI=1S/C17H24N2O3.ClH/c1-11(20)13-4-3-5-16(10-13)22-12(2)17(21)19-15-8-6-14(18)7-9-15;/h3-5,10,12,14-15H,6-9,18H2,1-2H3,(H,19,21);1H. The number of ketones is 1. The summed E-state index contributed by atoms with van der Waals surface area (Å²) in [5, 5.41) is 3.01. The first kappa shape index (κ1) is 19.5. The van der Waals surface area contributed by atoms with Crippen LogP contribution in [0.2, 0.25) is 0 Å². The smallest absolute Gasteiger partial charge is 0.260 e. The number of ether oxygens (including phenoxy) is 1. The first-order valence-electron chi connectivity index (χ1n) is 7.79. The number of hydrogen-bond donors (Lipinski definition) is 2. The Bertz CT molecular complexity index is 542. The van der Waals surface area contributed by atoms with Gasteiger partial charge in [0.05, 0.1) is 0 Å². The zero-order valence-corrected chi connectivity index (χ0v) is 14.4. The maximum absolute atomic E-state index is 12.2. The molecule has 1 aromatic rings. The zero-order valence-electron chi connectivity index (χ0n) is 13.6. The minimum Gasteiger partial charge on any atom is -0.481 e. The summed E-state index contributed by atoms with van der Waals surface area (Å²) in [4.78, 5) is 23.5. The fourth-order valence-corrected chi connectivity index (χ4v) is 2.63. The SMILES string of the molecule is CC(=O)c1cccc(OC(C)C(=O)NC2CCC(N)CC2)c1.Cl. The van der Waals surface area contributed by atoms with Gasteiger partial charge in [-0.3, -0.25) is 9.59 Å². The van der Waals surface area contributed by atoms with Gasteiger partial charge in [-0.25, -0.2) is 0 Å². The van der Waals surface area contributed by atoms with E-state index in [9.17, 15) is 9.59 Å². The number of nitrogens with one attached hydrogen (secondary N) is 1. The first-order valence-corrected chi connectivity index (χ1v) is 7.79. The highest BCUT2D eigenvalue weighted by Crippen LogP contribution is 2.18. The van der Waals surface area contributed by atoms with E-state index in [4.69, 9.17) is 10.5 Å². The molecule has 0 aliphatic heterocycles. The summed E-state index contributed by atoms with van der Waals surface area (Å²) in [6, 6.07) is 7.32. The third-order valence-electron chi connectivity index (χ3n) is 4.04. The number of Topliss-reactive ketones (excluding diaryl/α,β-unsaturated/α-hetero) is 1. The maximum Gasteiger partial charge on any atom is 0.260 e. The van der Waals surface area contributed by atoms with Gasteiger partial charge in [0.2, 0.25) is 0 Å². The molecule has 1 aliphatic rings. The molecule has 1 unspecified atom stereocenters. The lowest BCUT2D eigenvalue weighted by atomic mass is 9.92. The Balaban J connectivity index is 0.00000264. The van der Waals surface area contributed by atoms with Crippen LogP contribution in [0.25, 0.3) is 0 Å². The highest BCUT2D eigenvalue weighted by Gasteiger charge is 2.23. The van der Waals surface area contributed by atoms with Crippen LogP contribution in [0.4, 0.5) is 0 Å². The van der Waals surface area contributed by atoms with Crippen molar-refractivity contribution in [3.63, 3.8) is 0 Å². The number of amides is 1. The number of carbonyl (C=O) groups is 2. The van der Waals surface area contributed by atoms with Crippen LogP contribution in [0.1, 0.15) is 49.9 Å². The highest BCUT2D eigenvalue weighted by atomic mass is 35.5. The van der Waals surface area contributed by atoms with Crippen LogP contribution in [0.15, 0.2) is 24.3 Å². The maximum atomic E-state index is 12.2. The molecule has 1 aliphatic carbocycles. The minimum atomic E-state index is -0.599. The molecule has 128 valence electrons. The van der Waals surface area contributed by atoms with E-state index in [1.807, 2.05) is 0 Å². The lowest BCUT2D eigenvalue weighted by Crippen LogP contribution is -2.45.